The van der Waals surface area contributed by atoms with Gasteiger partial charge in [0.1, 0.15) is 0 Å². The van der Waals surface area contributed by atoms with Crippen molar-refractivity contribution in [1.82, 2.24) is 0 Å². The molecule has 0 saturated heterocycles. The maximum Gasteiger partial charge on any atom is 2.00 e. The van der Waals surface area contributed by atoms with Gasteiger partial charge in [0.2, 0.25) is 6.08 Å². The van der Waals surface area contributed by atoms with E-state index in [-0.39, 0.29) is 27.3 Å². The van der Waals surface area contributed by atoms with Crippen LogP contribution in [0.15, 0.2) is 5.10 Å². The van der Waals surface area contributed by atoms with Gasteiger partial charge in [-0.05, 0) is 0 Å². The summed E-state index contributed by atoms with van der Waals surface area (Å²) in [6.07, 6.45) is 0.972. The van der Waals surface area contributed by atoms with Gasteiger partial charge in [-0.1, -0.05) is 0 Å². The van der Waals surface area contributed by atoms with Crippen LogP contribution in [0, 0.1) is 10.2 Å². The van der Waals surface area contributed by atoms with Crippen molar-refractivity contribution in [3.05, 3.63) is 5.84 Å². The molecular formula is CHCdClN2O5. The van der Waals surface area contributed by atoms with Gasteiger partial charge in [-0.15, -0.1) is 10.2 Å². The zero-order valence-electron chi connectivity index (χ0n) is 4.57. The van der Waals surface area contributed by atoms with E-state index in [1.54, 1.807) is 0 Å². The van der Waals surface area contributed by atoms with E-state index < -0.39 is 10.2 Å². The maximum absolute atomic E-state index is 8.69. The Labute approximate surface area is 78.0 Å². The summed E-state index contributed by atoms with van der Waals surface area (Å²) in [6.45, 7) is 0. The number of isocyanates is 1. The van der Waals surface area contributed by atoms with Gasteiger partial charge in [0.15, 0.2) is 0 Å². The van der Waals surface area contributed by atoms with Crippen LogP contribution in [-0.2, 0) is 32.1 Å². The summed E-state index contributed by atoms with van der Waals surface area (Å²) in [7, 11) is -4.94. The van der Waals surface area contributed by atoms with E-state index in [1.807, 2.05) is 0 Å². The molecule has 0 atom stereocenters. The zero-order valence-corrected chi connectivity index (χ0v) is 9.37. The molecule has 0 aliphatic carbocycles. The first-order valence-electron chi connectivity index (χ1n) is 1.27. The predicted octanol–water partition coefficient (Wildman–Crippen LogP) is -4.47. The van der Waals surface area contributed by atoms with Crippen LogP contribution in [-0.4, -0.2) is 6.08 Å². The fourth-order valence-electron chi connectivity index (χ4n) is 0. The number of halogens is 1. The van der Waals surface area contributed by atoms with Crippen LogP contribution in [0.2, 0.25) is 0 Å². The Morgan fingerprint density at radius 1 is 1.30 bits per heavy atom. The number of nitrogens with one attached hydrogen (secondary N) is 1. The molecule has 0 bridgehead atoms. The zero-order chi connectivity index (χ0) is 7.91. The molecule has 0 aliphatic rings. The molecule has 0 amide bonds. The molecule has 0 aromatic heterocycles. The third kappa shape index (κ3) is 284. The SMILES string of the molecule is [Cd+2].[NH-]N=C=O.[O-][Cl+3]([O-])([O-])[O-]. The molecule has 54 valence electrons. The van der Waals surface area contributed by atoms with Gasteiger partial charge in [0, 0.05) is 0 Å². The fraction of sp³-hybridized carbons (Fsp3) is 0. The third-order valence-electron chi connectivity index (χ3n) is 0.0456. The number of hydrogen-bond acceptors (Lipinski definition) is 6. The van der Waals surface area contributed by atoms with E-state index in [0.717, 1.165) is 6.08 Å². The van der Waals surface area contributed by atoms with Gasteiger partial charge in [0.25, 0.3) is 0 Å². The van der Waals surface area contributed by atoms with Crippen molar-refractivity contribution < 1.29 is 61.0 Å². The van der Waals surface area contributed by atoms with Crippen LogP contribution >= 0.6 is 0 Å². The van der Waals surface area contributed by atoms with E-state index in [1.165, 1.54) is 0 Å². The summed E-state index contributed by atoms with van der Waals surface area (Å²) >= 11 is 0. The van der Waals surface area contributed by atoms with Crippen molar-refractivity contribution in [1.29, 1.82) is 0 Å². The molecule has 9 heteroatoms. The average molecular weight is 269 g/mol. The van der Waals surface area contributed by atoms with Crippen LogP contribution < -0.4 is 18.6 Å². The first kappa shape index (κ1) is 16.7. The molecule has 10 heavy (non-hydrogen) atoms. The predicted molar refractivity (Wildman–Crippen MR) is 12.4 cm³/mol. The van der Waals surface area contributed by atoms with Gasteiger partial charge >= 0.3 is 27.3 Å². The minimum atomic E-state index is -4.94. The largest absolute Gasteiger partial charge is 2.00 e. The normalized spacial score (nSPS) is 7.60. The molecule has 0 fully saturated rings. The number of carbonyl (C=O) groups excluding carboxylic acids is 1. The summed E-state index contributed by atoms with van der Waals surface area (Å²) in [6, 6.07) is 0. The Hall–Kier alpha value is 0.232. The van der Waals surface area contributed by atoms with Gasteiger partial charge in [-0.3, -0.25) is 5.10 Å². The quantitative estimate of drug-likeness (QED) is 0.188. The number of rotatable bonds is 0. The van der Waals surface area contributed by atoms with Crippen molar-refractivity contribution in [2.24, 2.45) is 5.10 Å². The van der Waals surface area contributed by atoms with Gasteiger partial charge in [-0.25, -0.2) is 23.4 Å². The second-order valence-electron chi connectivity index (χ2n) is 0.581. The molecule has 1 N–H and O–H groups in total. The minimum absolute atomic E-state index is 0. The van der Waals surface area contributed by atoms with Gasteiger partial charge in [-0.2, -0.15) is 0 Å². The number of hydrogen-bond donors (Lipinski definition) is 0. The Bertz CT molecular complexity index is 101. The Balaban J connectivity index is -0.0000000910. The van der Waals surface area contributed by atoms with E-state index in [0.29, 0.717) is 0 Å². The van der Waals surface area contributed by atoms with Gasteiger partial charge < -0.3 is 5.84 Å². The Morgan fingerprint density at radius 3 is 1.40 bits per heavy atom. The summed E-state index contributed by atoms with van der Waals surface area (Å²) in [4.78, 5) is 8.69. The van der Waals surface area contributed by atoms with Crippen molar-refractivity contribution in [3.8, 4) is 0 Å². The van der Waals surface area contributed by atoms with Crippen LogP contribution in [0.25, 0.3) is 5.84 Å². The third-order valence-corrected chi connectivity index (χ3v) is 0.0456. The van der Waals surface area contributed by atoms with E-state index in [4.69, 9.17) is 29.3 Å². The Kier molecular flexibility index (Phi) is 15.4. The molecule has 7 nitrogen and oxygen atoms in total. The second kappa shape index (κ2) is 9.23. The van der Waals surface area contributed by atoms with Crippen molar-refractivity contribution in [2.45, 2.75) is 0 Å². The molecule has 0 aromatic carbocycles. The van der Waals surface area contributed by atoms with Crippen LogP contribution in [0.1, 0.15) is 0 Å². The van der Waals surface area contributed by atoms with E-state index in [2.05, 4.69) is 5.10 Å². The molecular weight excluding hydrogens is 268 g/mol. The maximum atomic E-state index is 8.69. The fourth-order valence-corrected chi connectivity index (χ4v) is 0. The minimum Gasteiger partial charge on any atom is -0.605 e. The van der Waals surface area contributed by atoms with Crippen LogP contribution in [0.4, 0.5) is 0 Å². The van der Waals surface area contributed by atoms with E-state index >= 15 is 0 Å². The molecule has 0 aromatic rings. The molecule has 0 saturated carbocycles. The molecule has 0 unspecified atom stereocenters. The molecule has 0 heterocycles. The monoisotopic (exact) mass is 270 g/mol. The van der Waals surface area contributed by atoms with E-state index in [9.17, 15) is 0 Å². The molecule has 0 spiro atoms. The summed E-state index contributed by atoms with van der Waals surface area (Å²) in [5.41, 5.74) is 0. The van der Waals surface area contributed by atoms with Crippen molar-refractivity contribution in [3.63, 3.8) is 0 Å². The van der Waals surface area contributed by atoms with Crippen LogP contribution in [0.3, 0.4) is 0 Å². The second-order valence-corrected chi connectivity index (χ2v) is 1.34. The topological polar surface area (TPSA) is 145 Å². The number of nitrogens with zero attached hydrogens (tertiary/aromatic N) is 1. The molecule has 0 radical (unpaired) electrons. The summed E-state index contributed by atoms with van der Waals surface area (Å²) in [5.74, 6) is 5.65. The standard InChI is InChI=1S/CHN2O.Cd.ClHO4/c2-3-1-4;;2-1(3,4)5/h2H;;(H,2,3,4,5)/q-1;+2;/p-1. The first-order chi connectivity index (χ1) is 3.91. The van der Waals surface area contributed by atoms with Gasteiger partial charge in [0.05, 0.1) is 0 Å². The Morgan fingerprint density at radius 2 is 1.40 bits per heavy atom. The van der Waals surface area contributed by atoms with Crippen molar-refractivity contribution in [2.75, 3.05) is 0 Å². The first-order valence-corrected chi connectivity index (χ1v) is 2.50. The molecule has 0 rings (SSSR count). The van der Waals surface area contributed by atoms with Crippen LogP contribution in [0.5, 0.6) is 0 Å². The average Bonchev–Trinajstić information content (AvgIpc) is 1.61. The summed E-state index contributed by atoms with van der Waals surface area (Å²) in [5, 5.41) is 2.18. The smallest absolute Gasteiger partial charge is 0.605 e. The van der Waals surface area contributed by atoms with Crippen molar-refractivity contribution >= 4 is 6.08 Å². The summed E-state index contributed by atoms with van der Waals surface area (Å²) < 4.78 is 34.0. The molecule has 0 aliphatic heterocycles.